The number of sulfonamides is 1. The summed E-state index contributed by atoms with van der Waals surface area (Å²) in [7, 11) is -0.599. The second kappa shape index (κ2) is 8.59. The minimum Gasteiger partial charge on any atom is -0.461 e. The standard InChI is InChI=1S/C21H21FN2O4S/c1-24(2)29(26,27)17-11-7-15(8-12-17)23-21(25)14-10-16-9-13-20(28-16)18-5-3-4-6-19(18)22/h3-9,11-13H,10,14H2,1-2H3,(H,23,25). The molecule has 1 N–H and O–H groups in total. The van der Waals surface area contributed by atoms with E-state index in [0.717, 1.165) is 4.31 Å². The minimum atomic E-state index is -3.51. The highest BCUT2D eigenvalue weighted by Gasteiger charge is 2.17. The summed E-state index contributed by atoms with van der Waals surface area (Å²) < 4.78 is 44.7. The van der Waals surface area contributed by atoms with E-state index in [9.17, 15) is 17.6 Å². The van der Waals surface area contributed by atoms with Crippen molar-refractivity contribution in [2.75, 3.05) is 19.4 Å². The second-order valence-corrected chi connectivity index (χ2v) is 8.76. The predicted octanol–water partition coefficient (Wildman–Crippen LogP) is 3.91. The number of carbonyl (C=O) groups is 1. The fraction of sp³-hybridized carbons (Fsp3) is 0.190. The molecular weight excluding hydrogens is 395 g/mol. The van der Waals surface area contributed by atoms with Crippen LogP contribution in [0, 0.1) is 5.82 Å². The number of furan rings is 1. The summed E-state index contributed by atoms with van der Waals surface area (Å²) in [5.41, 5.74) is 0.871. The van der Waals surface area contributed by atoms with Crippen LogP contribution < -0.4 is 5.32 Å². The van der Waals surface area contributed by atoms with Gasteiger partial charge >= 0.3 is 0 Å². The summed E-state index contributed by atoms with van der Waals surface area (Å²) in [4.78, 5) is 12.3. The lowest BCUT2D eigenvalue weighted by molar-refractivity contribution is -0.116. The number of amides is 1. The Bertz CT molecular complexity index is 1110. The zero-order chi connectivity index (χ0) is 21.0. The molecule has 0 bridgehead atoms. The van der Waals surface area contributed by atoms with Crippen molar-refractivity contribution in [3.63, 3.8) is 0 Å². The van der Waals surface area contributed by atoms with Gasteiger partial charge in [-0.3, -0.25) is 4.79 Å². The Morgan fingerprint density at radius 3 is 2.38 bits per heavy atom. The molecule has 0 fully saturated rings. The van der Waals surface area contributed by atoms with Crippen molar-refractivity contribution in [1.82, 2.24) is 4.31 Å². The fourth-order valence-corrected chi connectivity index (χ4v) is 3.60. The number of nitrogens with zero attached hydrogens (tertiary/aromatic N) is 1. The van der Waals surface area contributed by atoms with Crippen LogP contribution in [0.1, 0.15) is 12.2 Å². The molecule has 1 amide bonds. The van der Waals surface area contributed by atoms with E-state index in [2.05, 4.69) is 5.32 Å². The van der Waals surface area contributed by atoms with Crippen LogP contribution in [0.2, 0.25) is 0 Å². The molecule has 3 aromatic rings. The van der Waals surface area contributed by atoms with Gasteiger partial charge in [-0.1, -0.05) is 12.1 Å². The third-order valence-electron chi connectivity index (χ3n) is 4.32. The van der Waals surface area contributed by atoms with Gasteiger partial charge in [0.2, 0.25) is 15.9 Å². The van der Waals surface area contributed by atoms with Crippen molar-refractivity contribution in [2.45, 2.75) is 17.7 Å². The van der Waals surface area contributed by atoms with Crippen molar-refractivity contribution in [1.29, 1.82) is 0 Å². The van der Waals surface area contributed by atoms with Gasteiger partial charge in [-0.15, -0.1) is 0 Å². The molecule has 1 aromatic heterocycles. The van der Waals surface area contributed by atoms with Crippen molar-refractivity contribution >= 4 is 21.6 Å². The highest BCUT2D eigenvalue weighted by Crippen LogP contribution is 2.25. The molecule has 0 saturated carbocycles. The van der Waals surface area contributed by atoms with Gasteiger partial charge < -0.3 is 9.73 Å². The molecule has 8 heteroatoms. The maximum Gasteiger partial charge on any atom is 0.242 e. The van der Waals surface area contributed by atoms with Gasteiger partial charge in [-0.2, -0.15) is 0 Å². The lowest BCUT2D eigenvalue weighted by Gasteiger charge is -2.12. The first-order valence-corrected chi connectivity index (χ1v) is 10.4. The van der Waals surface area contributed by atoms with Crippen LogP contribution in [-0.2, 0) is 21.2 Å². The second-order valence-electron chi connectivity index (χ2n) is 6.61. The first kappa shape index (κ1) is 20.8. The van der Waals surface area contributed by atoms with Crippen LogP contribution >= 0.6 is 0 Å². The molecular formula is C21H21FN2O4S. The van der Waals surface area contributed by atoms with Crippen LogP contribution in [0.3, 0.4) is 0 Å². The normalized spacial score (nSPS) is 11.6. The number of rotatable bonds is 7. The van der Waals surface area contributed by atoms with Crippen LogP contribution in [0.4, 0.5) is 10.1 Å². The van der Waals surface area contributed by atoms with Gasteiger partial charge in [0, 0.05) is 32.6 Å². The molecule has 0 radical (unpaired) electrons. The Kier molecular flexibility index (Phi) is 6.14. The summed E-state index contributed by atoms with van der Waals surface area (Å²) in [5, 5.41) is 2.72. The van der Waals surface area contributed by atoms with Gasteiger partial charge in [0.1, 0.15) is 17.3 Å². The highest BCUT2D eigenvalue weighted by molar-refractivity contribution is 7.89. The van der Waals surface area contributed by atoms with E-state index in [0.29, 0.717) is 29.2 Å². The third kappa shape index (κ3) is 4.90. The van der Waals surface area contributed by atoms with Crippen LogP contribution in [0.15, 0.2) is 70.0 Å². The number of halogens is 1. The Morgan fingerprint density at radius 1 is 1.03 bits per heavy atom. The SMILES string of the molecule is CN(C)S(=O)(=O)c1ccc(NC(=O)CCc2ccc(-c3ccccc3F)o2)cc1. The molecule has 1 heterocycles. The van der Waals surface area contributed by atoms with E-state index in [1.807, 2.05) is 0 Å². The number of aryl methyl sites for hydroxylation is 1. The zero-order valence-electron chi connectivity index (χ0n) is 16.1. The molecule has 0 spiro atoms. The third-order valence-corrected chi connectivity index (χ3v) is 6.15. The molecule has 0 aliphatic carbocycles. The number of hydrogen-bond acceptors (Lipinski definition) is 4. The van der Waals surface area contributed by atoms with Gasteiger partial charge in [0.25, 0.3) is 0 Å². The molecule has 0 saturated heterocycles. The van der Waals surface area contributed by atoms with E-state index < -0.39 is 10.0 Å². The van der Waals surface area contributed by atoms with Gasteiger partial charge in [0.15, 0.2) is 0 Å². The average molecular weight is 416 g/mol. The van der Waals surface area contributed by atoms with E-state index >= 15 is 0 Å². The van der Waals surface area contributed by atoms with Crippen molar-refractivity contribution < 1.29 is 22.0 Å². The number of benzene rings is 2. The Labute approximate surface area is 169 Å². The van der Waals surface area contributed by atoms with Gasteiger partial charge in [-0.05, 0) is 48.5 Å². The number of nitrogens with one attached hydrogen (secondary N) is 1. The largest absolute Gasteiger partial charge is 0.461 e. The van der Waals surface area contributed by atoms with Crippen molar-refractivity contribution in [3.8, 4) is 11.3 Å². The zero-order valence-corrected chi connectivity index (χ0v) is 16.9. The topological polar surface area (TPSA) is 79.6 Å². The van der Waals surface area contributed by atoms with E-state index in [-0.39, 0.29) is 23.0 Å². The summed E-state index contributed by atoms with van der Waals surface area (Å²) in [6.45, 7) is 0. The first-order chi connectivity index (χ1) is 13.8. The smallest absolute Gasteiger partial charge is 0.242 e. The molecule has 29 heavy (non-hydrogen) atoms. The van der Waals surface area contributed by atoms with Crippen LogP contribution in [0.25, 0.3) is 11.3 Å². The summed E-state index contributed by atoms with van der Waals surface area (Å²) in [5.74, 6) is 0.380. The molecule has 2 aromatic carbocycles. The molecule has 0 unspecified atom stereocenters. The van der Waals surface area contributed by atoms with E-state index in [1.54, 1.807) is 30.3 Å². The fourth-order valence-electron chi connectivity index (χ4n) is 2.70. The van der Waals surface area contributed by atoms with Gasteiger partial charge in [0.05, 0.1) is 10.5 Å². The Morgan fingerprint density at radius 2 is 1.72 bits per heavy atom. The summed E-state index contributed by atoms with van der Waals surface area (Å²) in [6.07, 6.45) is 0.523. The number of carbonyl (C=O) groups excluding carboxylic acids is 1. The van der Waals surface area contributed by atoms with E-state index in [1.165, 1.54) is 44.4 Å². The molecule has 0 aliphatic heterocycles. The molecule has 3 rings (SSSR count). The first-order valence-electron chi connectivity index (χ1n) is 8.93. The summed E-state index contributed by atoms with van der Waals surface area (Å²) in [6, 6.07) is 15.7. The molecule has 6 nitrogen and oxygen atoms in total. The Hall–Kier alpha value is -2.97. The minimum absolute atomic E-state index is 0.150. The Balaban J connectivity index is 1.58. The quantitative estimate of drug-likeness (QED) is 0.633. The van der Waals surface area contributed by atoms with Crippen LogP contribution in [-0.4, -0.2) is 32.7 Å². The van der Waals surface area contributed by atoms with Gasteiger partial charge in [-0.25, -0.2) is 17.1 Å². The molecule has 0 aliphatic rings. The van der Waals surface area contributed by atoms with E-state index in [4.69, 9.17) is 4.42 Å². The number of hydrogen-bond donors (Lipinski definition) is 1. The van der Waals surface area contributed by atoms with Crippen molar-refractivity contribution in [3.05, 3.63) is 72.2 Å². The lowest BCUT2D eigenvalue weighted by Crippen LogP contribution is -2.22. The monoisotopic (exact) mass is 416 g/mol. The maximum atomic E-state index is 13.8. The van der Waals surface area contributed by atoms with Crippen LogP contribution in [0.5, 0.6) is 0 Å². The van der Waals surface area contributed by atoms with Crippen molar-refractivity contribution in [2.24, 2.45) is 0 Å². The lowest BCUT2D eigenvalue weighted by atomic mass is 10.1. The number of anilines is 1. The predicted molar refractivity (Wildman–Crippen MR) is 108 cm³/mol. The molecule has 152 valence electrons. The maximum absolute atomic E-state index is 13.8. The average Bonchev–Trinajstić information content (AvgIpc) is 3.16. The summed E-state index contributed by atoms with van der Waals surface area (Å²) >= 11 is 0. The highest BCUT2D eigenvalue weighted by atomic mass is 32.2. The molecule has 0 atom stereocenters.